The van der Waals surface area contributed by atoms with Crippen LogP contribution in [0.25, 0.3) is 38.6 Å². The van der Waals surface area contributed by atoms with E-state index in [1.165, 1.54) is 44.4 Å². The Morgan fingerprint density at radius 3 is 1.83 bits per heavy atom. The van der Waals surface area contributed by atoms with Gasteiger partial charge in [-0.3, -0.25) is 4.90 Å². The van der Waals surface area contributed by atoms with E-state index in [-0.39, 0.29) is 0 Å². The molecule has 10 rings (SSSR count). The molecule has 0 amide bonds. The summed E-state index contributed by atoms with van der Waals surface area (Å²) in [5.41, 5.74) is 15.6. The minimum atomic E-state index is 0.761. The molecule has 4 heteroatoms. The lowest BCUT2D eigenvalue weighted by Gasteiger charge is -2.33. The number of aliphatic imine (C=N–C) groups is 1. The number of para-hydroxylation sites is 5. The Balaban J connectivity index is 1.09. The van der Waals surface area contributed by atoms with Gasteiger partial charge in [-0.15, -0.1) is 0 Å². The van der Waals surface area contributed by atoms with Crippen molar-refractivity contribution < 1.29 is 0 Å². The van der Waals surface area contributed by atoms with Crippen molar-refractivity contribution in [2.75, 3.05) is 9.80 Å². The summed E-state index contributed by atoms with van der Waals surface area (Å²) in [6.07, 6.45) is 3.00. The molecule has 0 saturated carbocycles. The number of rotatable bonds is 9. The van der Waals surface area contributed by atoms with Gasteiger partial charge in [-0.1, -0.05) is 140 Å². The first-order valence-electron chi connectivity index (χ1n) is 20.1. The van der Waals surface area contributed by atoms with Crippen molar-refractivity contribution in [3.8, 4) is 11.1 Å². The quantitative estimate of drug-likeness (QED) is 0.108. The summed E-state index contributed by atoms with van der Waals surface area (Å²) < 4.78 is 2.28. The van der Waals surface area contributed by atoms with Crippen molar-refractivity contribution in [3.05, 3.63) is 241 Å². The Morgan fingerprint density at radius 2 is 1.10 bits per heavy atom. The van der Waals surface area contributed by atoms with Crippen LogP contribution in [-0.2, 0) is 6.42 Å². The number of benzene rings is 8. The highest BCUT2D eigenvalue weighted by atomic mass is 15.2. The fourth-order valence-corrected chi connectivity index (χ4v) is 8.50. The highest BCUT2D eigenvalue weighted by Crippen LogP contribution is 2.45. The van der Waals surface area contributed by atoms with Crippen LogP contribution in [0, 0.1) is 0 Å². The van der Waals surface area contributed by atoms with Crippen molar-refractivity contribution in [1.29, 1.82) is 0 Å². The molecule has 0 N–H and O–H groups in total. The highest BCUT2D eigenvalue weighted by Gasteiger charge is 2.25. The van der Waals surface area contributed by atoms with Crippen LogP contribution in [0.4, 0.5) is 28.4 Å². The fraction of sp³-hybridized carbons (Fsp3) is 0.0364. The van der Waals surface area contributed by atoms with Crippen molar-refractivity contribution in [3.63, 3.8) is 0 Å². The van der Waals surface area contributed by atoms with Gasteiger partial charge in [-0.05, 0) is 108 Å². The monoisotopic (exact) mass is 758 g/mol. The van der Waals surface area contributed by atoms with Gasteiger partial charge in [0.05, 0.1) is 11.0 Å². The van der Waals surface area contributed by atoms with Gasteiger partial charge in [0.25, 0.3) is 0 Å². The van der Waals surface area contributed by atoms with Gasteiger partial charge in [0.1, 0.15) is 5.82 Å². The smallest absolute Gasteiger partial charge is 0.139 e. The molecule has 0 radical (unpaired) electrons. The molecule has 8 aromatic carbocycles. The van der Waals surface area contributed by atoms with Crippen molar-refractivity contribution in [1.82, 2.24) is 4.57 Å². The van der Waals surface area contributed by atoms with Gasteiger partial charge in [0, 0.05) is 63.1 Å². The van der Waals surface area contributed by atoms with Crippen molar-refractivity contribution >= 4 is 61.7 Å². The number of hydrogen-bond donors (Lipinski definition) is 0. The lowest BCUT2D eigenvalue weighted by atomic mass is 9.92. The third kappa shape index (κ3) is 6.71. The minimum absolute atomic E-state index is 0.761. The molecule has 59 heavy (non-hydrogen) atoms. The summed E-state index contributed by atoms with van der Waals surface area (Å²) in [4.78, 5) is 9.96. The van der Waals surface area contributed by atoms with Crippen LogP contribution in [0.15, 0.2) is 230 Å². The zero-order valence-electron chi connectivity index (χ0n) is 32.9. The Kier molecular flexibility index (Phi) is 9.28. The van der Waals surface area contributed by atoms with Crippen LogP contribution < -0.4 is 9.80 Å². The molecule has 0 unspecified atom stereocenters. The standard InChI is InChI=1S/C55H42N4/c1-39(35-55(56-40(2)41-19-7-3-8-20-41)58(46-22-9-4-10-23-46)47-24-11-5-12-25-47)57-53-30-18-16-28-49(53)50-38-43(32-34-54(50)57)42-31-33-52-45(36-42)37-44-21-15-17-29-51(44)59(52)48-26-13-6-14-27-48/h3-36,38H,1,37H2,2H3/b55-35+,56-40?. The molecule has 0 atom stereocenters. The molecule has 282 valence electrons. The van der Waals surface area contributed by atoms with Gasteiger partial charge in [0.15, 0.2) is 0 Å². The Morgan fingerprint density at radius 1 is 0.542 bits per heavy atom. The Hall–Kier alpha value is -7.69. The average molecular weight is 759 g/mol. The summed E-state index contributed by atoms with van der Waals surface area (Å²) in [5, 5.41) is 2.35. The third-order valence-corrected chi connectivity index (χ3v) is 11.3. The van der Waals surface area contributed by atoms with E-state index in [0.29, 0.717) is 0 Å². The maximum Gasteiger partial charge on any atom is 0.139 e. The predicted octanol–water partition coefficient (Wildman–Crippen LogP) is 14.5. The first-order valence-corrected chi connectivity index (χ1v) is 20.1. The molecule has 9 aromatic rings. The number of allylic oxidation sites excluding steroid dienone is 2. The molecule has 1 aliphatic heterocycles. The van der Waals surface area contributed by atoms with Crippen LogP contribution in [0.2, 0.25) is 0 Å². The van der Waals surface area contributed by atoms with Gasteiger partial charge in [-0.2, -0.15) is 0 Å². The van der Waals surface area contributed by atoms with E-state index >= 15 is 0 Å². The number of aromatic nitrogens is 1. The zero-order valence-corrected chi connectivity index (χ0v) is 32.9. The van der Waals surface area contributed by atoms with E-state index in [0.717, 1.165) is 57.3 Å². The summed E-state index contributed by atoms with van der Waals surface area (Å²) in [6, 6.07) is 73.0. The molecule has 1 aliphatic rings. The fourth-order valence-electron chi connectivity index (χ4n) is 8.50. The van der Waals surface area contributed by atoms with Gasteiger partial charge >= 0.3 is 0 Å². The van der Waals surface area contributed by atoms with Gasteiger partial charge in [0.2, 0.25) is 0 Å². The molecule has 0 fully saturated rings. The maximum absolute atomic E-state index is 5.36. The van der Waals surface area contributed by atoms with Crippen LogP contribution in [0.5, 0.6) is 0 Å². The van der Waals surface area contributed by atoms with Crippen molar-refractivity contribution in [2.24, 2.45) is 4.99 Å². The van der Waals surface area contributed by atoms with Crippen LogP contribution in [-0.4, -0.2) is 10.3 Å². The molecule has 0 bridgehead atoms. The molecule has 0 aliphatic carbocycles. The summed E-state index contributed by atoms with van der Waals surface area (Å²) in [5.74, 6) is 0.761. The van der Waals surface area contributed by atoms with E-state index < -0.39 is 0 Å². The lowest BCUT2D eigenvalue weighted by molar-refractivity contribution is 1.09. The second kappa shape index (κ2) is 15.3. The predicted molar refractivity (Wildman–Crippen MR) is 249 cm³/mol. The van der Waals surface area contributed by atoms with Gasteiger partial charge in [-0.25, -0.2) is 4.99 Å². The topological polar surface area (TPSA) is 23.8 Å². The first kappa shape index (κ1) is 35.7. The molecular formula is C55H42N4. The molecular weight excluding hydrogens is 717 g/mol. The summed E-state index contributed by atoms with van der Waals surface area (Å²) in [7, 11) is 0. The second-order valence-corrected chi connectivity index (χ2v) is 15.0. The van der Waals surface area contributed by atoms with E-state index in [1.54, 1.807) is 0 Å². The molecule has 1 aromatic heterocycles. The number of fused-ring (bicyclic) bond motifs is 5. The average Bonchev–Trinajstić information content (AvgIpc) is 3.63. The zero-order chi connectivity index (χ0) is 39.7. The van der Waals surface area contributed by atoms with Crippen LogP contribution >= 0.6 is 0 Å². The van der Waals surface area contributed by atoms with E-state index in [1.807, 2.05) is 18.2 Å². The molecule has 0 spiro atoms. The highest BCUT2D eigenvalue weighted by molar-refractivity contribution is 6.11. The van der Waals surface area contributed by atoms with Crippen molar-refractivity contribution in [2.45, 2.75) is 13.3 Å². The summed E-state index contributed by atoms with van der Waals surface area (Å²) >= 11 is 0. The van der Waals surface area contributed by atoms with Crippen LogP contribution in [0.1, 0.15) is 23.6 Å². The first-order chi connectivity index (χ1) is 29.1. The Labute approximate surface area is 345 Å². The maximum atomic E-state index is 5.36. The number of hydrogen-bond acceptors (Lipinski definition) is 3. The third-order valence-electron chi connectivity index (χ3n) is 11.3. The molecule has 0 saturated heterocycles. The largest absolute Gasteiger partial charge is 0.310 e. The summed E-state index contributed by atoms with van der Waals surface area (Å²) in [6.45, 7) is 6.82. The number of anilines is 5. The SMILES string of the molecule is C=C(/C=C(\N=C(C)c1ccccc1)N(c1ccccc1)c1ccccc1)n1c2ccccc2c2cc(-c3ccc4c(c3)Cc3ccccc3N4c3ccccc3)ccc21. The normalized spacial score (nSPS) is 12.7. The van der Waals surface area contributed by atoms with E-state index in [9.17, 15) is 0 Å². The Bertz CT molecular complexity index is 2990. The molecule has 2 heterocycles. The van der Waals surface area contributed by atoms with Gasteiger partial charge < -0.3 is 9.47 Å². The van der Waals surface area contributed by atoms with Crippen LogP contribution in [0.3, 0.4) is 0 Å². The second-order valence-electron chi connectivity index (χ2n) is 15.0. The number of nitrogens with zero attached hydrogens (tertiary/aromatic N) is 4. The minimum Gasteiger partial charge on any atom is -0.310 e. The van der Waals surface area contributed by atoms with E-state index in [4.69, 9.17) is 11.6 Å². The van der Waals surface area contributed by atoms with E-state index in [2.05, 4.69) is 215 Å². The molecule has 4 nitrogen and oxygen atoms in total. The lowest BCUT2D eigenvalue weighted by Crippen LogP contribution is -2.18.